The molecule has 0 aromatic heterocycles. The van der Waals surface area contributed by atoms with Gasteiger partial charge >= 0.3 is 5.97 Å². The van der Waals surface area contributed by atoms with E-state index in [1.54, 1.807) is 6.92 Å². The highest BCUT2D eigenvalue weighted by atomic mass is 16.5. The van der Waals surface area contributed by atoms with Crippen LogP contribution < -0.4 is 0 Å². The second kappa shape index (κ2) is 9.23. The number of esters is 1. The Balaban J connectivity index is 0.000000327. The molecule has 0 fully saturated rings. The molecule has 0 radical (unpaired) electrons. The van der Waals surface area contributed by atoms with Gasteiger partial charge in [-0.3, -0.25) is 0 Å². The first kappa shape index (κ1) is 16.2. The van der Waals surface area contributed by atoms with Crippen LogP contribution in [0.1, 0.15) is 26.3 Å². The van der Waals surface area contributed by atoms with E-state index in [9.17, 15) is 4.79 Å². The minimum atomic E-state index is -0.297. The molecule has 18 heavy (non-hydrogen) atoms. The normalized spacial score (nSPS) is 9.11. The van der Waals surface area contributed by atoms with Crippen LogP contribution in [0.4, 0.5) is 0 Å². The van der Waals surface area contributed by atoms with E-state index in [2.05, 4.69) is 13.2 Å². The summed E-state index contributed by atoms with van der Waals surface area (Å²) >= 11 is 0. The van der Waals surface area contributed by atoms with Crippen molar-refractivity contribution in [3.05, 3.63) is 54.6 Å². The Hall–Kier alpha value is -1.83. The van der Waals surface area contributed by atoms with Gasteiger partial charge in [-0.05, 0) is 18.4 Å². The monoisotopic (exact) mass is 246 g/mol. The largest absolute Gasteiger partial charge is 0.462 e. The third-order valence-electron chi connectivity index (χ3n) is 1.93. The zero-order valence-corrected chi connectivity index (χ0v) is 11.5. The molecule has 2 nitrogen and oxygen atoms in total. The number of benzene rings is 1. The predicted molar refractivity (Wildman–Crippen MR) is 77.1 cm³/mol. The maximum atomic E-state index is 10.7. The summed E-state index contributed by atoms with van der Waals surface area (Å²) in [5, 5.41) is 0. The van der Waals surface area contributed by atoms with Crippen LogP contribution in [0, 0.1) is 5.92 Å². The molecule has 1 rings (SSSR count). The number of hydrogen-bond donors (Lipinski definition) is 0. The van der Waals surface area contributed by atoms with Crippen LogP contribution in [0.25, 0.3) is 6.08 Å². The van der Waals surface area contributed by atoms with Crippen LogP contribution in [-0.2, 0) is 9.53 Å². The lowest BCUT2D eigenvalue weighted by Crippen LogP contribution is -2.09. The van der Waals surface area contributed by atoms with E-state index in [1.165, 1.54) is 5.56 Å². The highest BCUT2D eigenvalue weighted by Crippen LogP contribution is 1.98. The molecule has 0 bridgehead atoms. The first-order valence-electron chi connectivity index (χ1n) is 5.97. The van der Waals surface area contributed by atoms with Crippen molar-refractivity contribution in [3.63, 3.8) is 0 Å². The van der Waals surface area contributed by atoms with Crippen LogP contribution >= 0.6 is 0 Å². The van der Waals surface area contributed by atoms with Crippen molar-refractivity contribution < 1.29 is 9.53 Å². The Labute approximate surface area is 110 Å². The fourth-order valence-electron chi connectivity index (χ4n) is 0.955. The van der Waals surface area contributed by atoms with Crippen LogP contribution in [0.3, 0.4) is 0 Å². The maximum Gasteiger partial charge on any atom is 0.333 e. The first-order valence-corrected chi connectivity index (χ1v) is 5.97. The van der Waals surface area contributed by atoms with Gasteiger partial charge in [-0.25, -0.2) is 4.79 Å². The van der Waals surface area contributed by atoms with E-state index in [0.29, 0.717) is 18.1 Å². The molecule has 0 N–H and O–H groups in total. The summed E-state index contributed by atoms with van der Waals surface area (Å²) in [6.07, 6.45) is 1.83. The van der Waals surface area contributed by atoms with Gasteiger partial charge < -0.3 is 4.74 Å². The second-order valence-corrected chi connectivity index (χ2v) is 4.39. The molecule has 0 amide bonds. The van der Waals surface area contributed by atoms with Gasteiger partial charge in [-0.2, -0.15) is 0 Å². The number of rotatable bonds is 4. The predicted octanol–water partition coefficient (Wildman–Crippen LogP) is 4.09. The third kappa shape index (κ3) is 8.34. The van der Waals surface area contributed by atoms with Crippen molar-refractivity contribution in [3.8, 4) is 0 Å². The minimum absolute atomic E-state index is 0.297. The molecule has 2 heteroatoms. The molecule has 0 unspecified atom stereocenters. The topological polar surface area (TPSA) is 26.3 Å². The van der Waals surface area contributed by atoms with Crippen LogP contribution in [0.2, 0.25) is 0 Å². The smallest absolute Gasteiger partial charge is 0.333 e. The molecule has 1 aromatic carbocycles. The van der Waals surface area contributed by atoms with Crippen molar-refractivity contribution >= 4 is 12.0 Å². The van der Waals surface area contributed by atoms with Gasteiger partial charge in [0, 0.05) is 5.57 Å². The first-order chi connectivity index (χ1) is 8.47. The Kier molecular flexibility index (Phi) is 8.29. The van der Waals surface area contributed by atoms with Crippen LogP contribution in [0.5, 0.6) is 0 Å². The summed E-state index contributed by atoms with van der Waals surface area (Å²) in [5.74, 6) is 0.0944. The van der Waals surface area contributed by atoms with Gasteiger partial charge in [0.2, 0.25) is 0 Å². The average molecular weight is 246 g/mol. The number of ether oxygens (including phenoxy) is 1. The number of carbonyl (C=O) groups is 1. The summed E-state index contributed by atoms with van der Waals surface area (Å²) in [7, 11) is 0. The van der Waals surface area contributed by atoms with E-state index < -0.39 is 0 Å². The van der Waals surface area contributed by atoms with Gasteiger partial charge in [-0.15, -0.1) is 0 Å². The van der Waals surface area contributed by atoms with Crippen LogP contribution in [0.15, 0.2) is 49.1 Å². The van der Waals surface area contributed by atoms with E-state index in [1.807, 2.05) is 50.3 Å². The summed E-state index contributed by atoms with van der Waals surface area (Å²) in [4.78, 5) is 10.7. The molecule has 0 saturated heterocycles. The molecule has 0 atom stereocenters. The SMILES string of the molecule is C=C(C)C(=O)OCC(C)C.C=Cc1ccccc1. The second-order valence-electron chi connectivity index (χ2n) is 4.39. The van der Waals surface area contributed by atoms with Gasteiger partial charge in [0.05, 0.1) is 6.61 Å². The highest BCUT2D eigenvalue weighted by molar-refractivity contribution is 5.86. The maximum absolute atomic E-state index is 10.7. The summed E-state index contributed by atoms with van der Waals surface area (Å²) in [5.41, 5.74) is 1.63. The molecule has 0 saturated carbocycles. The summed E-state index contributed by atoms with van der Waals surface area (Å²) in [6, 6.07) is 10.0. The average Bonchev–Trinajstić information content (AvgIpc) is 2.37. The zero-order valence-electron chi connectivity index (χ0n) is 11.5. The Bertz CT molecular complexity index is 377. The van der Waals surface area contributed by atoms with Crippen molar-refractivity contribution in [2.75, 3.05) is 6.61 Å². The van der Waals surface area contributed by atoms with Crippen LogP contribution in [-0.4, -0.2) is 12.6 Å². The quantitative estimate of drug-likeness (QED) is 0.591. The lowest BCUT2D eigenvalue weighted by molar-refractivity contribution is -0.139. The fraction of sp³-hybridized carbons (Fsp3) is 0.312. The summed E-state index contributed by atoms with van der Waals surface area (Å²) < 4.78 is 4.83. The van der Waals surface area contributed by atoms with Gasteiger partial charge in [0.25, 0.3) is 0 Å². The minimum Gasteiger partial charge on any atom is -0.462 e. The Morgan fingerprint density at radius 2 is 1.89 bits per heavy atom. The molecule has 0 spiro atoms. The molecular weight excluding hydrogens is 224 g/mol. The number of carbonyl (C=O) groups excluding carboxylic acids is 1. The fourth-order valence-corrected chi connectivity index (χ4v) is 0.955. The standard InChI is InChI=1S/C8H14O2.C8H8/c1-6(2)5-10-8(9)7(3)4;1-2-8-6-4-3-5-7-8/h6H,3,5H2,1-2,4H3;2-7H,1H2. The molecule has 0 aliphatic carbocycles. The van der Waals surface area contributed by atoms with Gasteiger partial charge in [-0.1, -0.05) is 63.4 Å². The molecule has 1 aromatic rings. The van der Waals surface area contributed by atoms with E-state index >= 15 is 0 Å². The molecule has 0 aliphatic heterocycles. The molecule has 0 heterocycles. The molecule has 98 valence electrons. The Morgan fingerprint density at radius 3 is 2.22 bits per heavy atom. The number of hydrogen-bond acceptors (Lipinski definition) is 2. The van der Waals surface area contributed by atoms with Crippen molar-refractivity contribution in [2.24, 2.45) is 5.92 Å². The van der Waals surface area contributed by atoms with Gasteiger partial charge in [0.1, 0.15) is 0 Å². The molecular formula is C16H22O2. The van der Waals surface area contributed by atoms with Crippen molar-refractivity contribution in [2.45, 2.75) is 20.8 Å². The lowest BCUT2D eigenvalue weighted by Gasteiger charge is -2.05. The third-order valence-corrected chi connectivity index (χ3v) is 1.93. The lowest BCUT2D eigenvalue weighted by atomic mass is 10.2. The van der Waals surface area contributed by atoms with Crippen molar-refractivity contribution in [1.29, 1.82) is 0 Å². The summed E-state index contributed by atoms with van der Waals surface area (Å²) in [6.45, 7) is 13.2. The molecule has 0 aliphatic rings. The van der Waals surface area contributed by atoms with Gasteiger partial charge in [0.15, 0.2) is 0 Å². The van der Waals surface area contributed by atoms with E-state index in [4.69, 9.17) is 4.74 Å². The van der Waals surface area contributed by atoms with E-state index in [-0.39, 0.29) is 5.97 Å². The Morgan fingerprint density at radius 1 is 1.33 bits per heavy atom. The zero-order chi connectivity index (χ0) is 14.0. The van der Waals surface area contributed by atoms with Crippen molar-refractivity contribution in [1.82, 2.24) is 0 Å². The van der Waals surface area contributed by atoms with E-state index in [0.717, 1.165) is 0 Å². The highest BCUT2D eigenvalue weighted by Gasteiger charge is 2.03.